The molecule has 0 spiro atoms. The van der Waals surface area contributed by atoms with E-state index < -0.39 is 10.7 Å². The number of nitrogens with zero attached hydrogens (tertiary/aromatic N) is 3. The standard InChI is InChI=1S/C25H20ClFN4O4/c1-16-5-8-23(22(11-16)31(33)34)35-15-17-3-2-4-18(12-17)25(32)28-24-9-10-30(29-24)14-19-6-7-20(27)13-21(19)26/h2-13H,14-15H2,1H3,(H,28,29,32). The third kappa shape index (κ3) is 6.01. The lowest BCUT2D eigenvalue weighted by molar-refractivity contribution is -0.386. The number of benzene rings is 3. The van der Waals surface area contributed by atoms with E-state index in [1.165, 1.54) is 18.2 Å². The first kappa shape index (κ1) is 23.9. The van der Waals surface area contributed by atoms with Gasteiger partial charge in [-0.25, -0.2) is 4.39 Å². The zero-order chi connectivity index (χ0) is 24.9. The second kappa shape index (κ2) is 10.4. The molecule has 10 heteroatoms. The molecular formula is C25H20ClFN4O4. The van der Waals surface area contributed by atoms with Crippen molar-refractivity contribution in [2.24, 2.45) is 0 Å². The summed E-state index contributed by atoms with van der Waals surface area (Å²) in [5.74, 6) is -0.303. The predicted molar refractivity (Wildman–Crippen MR) is 129 cm³/mol. The third-order valence-corrected chi connectivity index (χ3v) is 5.48. The first-order valence-corrected chi connectivity index (χ1v) is 10.9. The van der Waals surface area contributed by atoms with Crippen molar-refractivity contribution >= 4 is 29.0 Å². The van der Waals surface area contributed by atoms with E-state index in [2.05, 4.69) is 10.4 Å². The number of aryl methyl sites for hydroxylation is 1. The lowest BCUT2D eigenvalue weighted by atomic mass is 10.1. The minimum Gasteiger partial charge on any atom is -0.482 e. The summed E-state index contributed by atoms with van der Waals surface area (Å²) in [4.78, 5) is 23.5. The molecule has 1 heterocycles. The van der Waals surface area contributed by atoms with Crippen LogP contribution in [0.5, 0.6) is 5.75 Å². The number of nitro groups is 1. The Kier molecular flexibility index (Phi) is 7.07. The quantitative estimate of drug-likeness (QED) is 0.247. The van der Waals surface area contributed by atoms with Gasteiger partial charge in [-0.15, -0.1) is 0 Å². The van der Waals surface area contributed by atoms with Gasteiger partial charge in [0, 0.05) is 28.9 Å². The monoisotopic (exact) mass is 494 g/mol. The van der Waals surface area contributed by atoms with E-state index in [0.717, 1.165) is 5.56 Å². The highest BCUT2D eigenvalue weighted by Gasteiger charge is 2.16. The van der Waals surface area contributed by atoms with Gasteiger partial charge in [-0.1, -0.05) is 35.9 Å². The van der Waals surface area contributed by atoms with Gasteiger partial charge >= 0.3 is 5.69 Å². The van der Waals surface area contributed by atoms with Crippen molar-refractivity contribution in [2.45, 2.75) is 20.1 Å². The first-order chi connectivity index (χ1) is 16.8. The summed E-state index contributed by atoms with van der Waals surface area (Å²) >= 11 is 6.07. The number of halogens is 2. The fourth-order valence-electron chi connectivity index (χ4n) is 3.38. The second-order valence-electron chi connectivity index (χ2n) is 7.81. The van der Waals surface area contributed by atoms with Crippen LogP contribution in [-0.2, 0) is 13.2 Å². The van der Waals surface area contributed by atoms with Crippen LogP contribution in [0.25, 0.3) is 0 Å². The average molecular weight is 495 g/mol. The van der Waals surface area contributed by atoms with Gasteiger partial charge in [0.05, 0.1) is 11.5 Å². The van der Waals surface area contributed by atoms with Gasteiger partial charge in [0.25, 0.3) is 5.91 Å². The maximum atomic E-state index is 13.2. The summed E-state index contributed by atoms with van der Waals surface area (Å²) in [7, 11) is 0. The molecule has 0 radical (unpaired) electrons. The minimum atomic E-state index is -0.491. The largest absolute Gasteiger partial charge is 0.482 e. The van der Waals surface area contributed by atoms with Gasteiger partial charge in [-0.05, 0) is 53.9 Å². The Balaban J connectivity index is 1.40. The molecule has 1 amide bonds. The molecule has 0 fully saturated rings. The van der Waals surface area contributed by atoms with Crippen LogP contribution in [0.3, 0.4) is 0 Å². The first-order valence-electron chi connectivity index (χ1n) is 10.5. The molecule has 1 aromatic heterocycles. The van der Waals surface area contributed by atoms with Gasteiger partial charge < -0.3 is 10.1 Å². The molecule has 3 aromatic carbocycles. The molecule has 0 aliphatic carbocycles. The molecule has 0 saturated heterocycles. The van der Waals surface area contributed by atoms with Crippen LogP contribution >= 0.6 is 11.6 Å². The highest BCUT2D eigenvalue weighted by Crippen LogP contribution is 2.28. The molecule has 0 aliphatic rings. The lowest BCUT2D eigenvalue weighted by Gasteiger charge is -2.09. The van der Waals surface area contributed by atoms with Gasteiger partial charge in [-0.2, -0.15) is 5.10 Å². The van der Waals surface area contributed by atoms with Crippen LogP contribution < -0.4 is 10.1 Å². The van der Waals surface area contributed by atoms with E-state index in [9.17, 15) is 19.3 Å². The number of anilines is 1. The predicted octanol–water partition coefficient (Wildman–Crippen LogP) is 5.77. The second-order valence-corrected chi connectivity index (χ2v) is 8.21. The van der Waals surface area contributed by atoms with E-state index in [1.807, 2.05) is 0 Å². The number of carbonyl (C=O) groups excluding carboxylic acids is 1. The Morgan fingerprint density at radius 1 is 1.17 bits per heavy atom. The van der Waals surface area contributed by atoms with Crippen molar-refractivity contribution in [1.29, 1.82) is 0 Å². The average Bonchev–Trinajstić information content (AvgIpc) is 3.27. The van der Waals surface area contributed by atoms with E-state index in [1.54, 1.807) is 66.3 Å². The van der Waals surface area contributed by atoms with Crippen LogP contribution in [0.1, 0.15) is 27.0 Å². The molecule has 4 rings (SSSR count). The summed E-state index contributed by atoms with van der Waals surface area (Å²) in [6.45, 7) is 2.13. The maximum absolute atomic E-state index is 13.2. The summed E-state index contributed by atoms with van der Waals surface area (Å²) in [5.41, 5.74) is 2.38. The van der Waals surface area contributed by atoms with Crippen molar-refractivity contribution in [3.63, 3.8) is 0 Å². The summed E-state index contributed by atoms with van der Waals surface area (Å²) in [6.07, 6.45) is 1.67. The topological polar surface area (TPSA) is 99.3 Å². The van der Waals surface area contributed by atoms with Crippen molar-refractivity contribution in [3.8, 4) is 5.75 Å². The molecule has 0 aliphatic heterocycles. The van der Waals surface area contributed by atoms with Gasteiger partial charge in [0.2, 0.25) is 0 Å². The van der Waals surface area contributed by atoms with Gasteiger partial charge in [0.1, 0.15) is 12.4 Å². The molecule has 178 valence electrons. The summed E-state index contributed by atoms with van der Waals surface area (Å²) in [5, 5.41) is 18.6. The Morgan fingerprint density at radius 2 is 2.00 bits per heavy atom. The summed E-state index contributed by atoms with van der Waals surface area (Å²) < 4.78 is 20.5. The number of rotatable bonds is 8. The number of nitrogens with one attached hydrogen (secondary N) is 1. The van der Waals surface area contributed by atoms with Crippen molar-refractivity contribution in [1.82, 2.24) is 9.78 Å². The van der Waals surface area contributed by atoms with Crippen molar-refractivity contribution in [3.05, 3.63) is 116 Å². The molecule has 8 nitrogen and oxygen atoms in total. The molecule has 4 aromatic rings. The zero-order valence-corrected chi connectivity index (χ0v) is 19.3. The van der Waals surface area contributed by atoms with Gasteiger partial charge in [-0.3, -0.25) is 19.6 Å². The van der Waals surface area contributed by atoms with E-state index in [-0.39, 0.29) is 24.0 Å². The molecule has 0 unspecified atom stereocenters. The molecule has 1 N–H and O–H groups in total. The molecular weight excluding hydrogens is 475 g/mol. The lowest BCUT2D eigenvalue weighted by Crippen LogP contribution is -2.13. The van der Waals surface area contributed by atoms with Crippen molar-refractivity contribution < 1.29 is 18.8 Å². The van der Waals surface area contributed by atoms with E-state index >= 15 is 0 Å². The Morgan fingerprint density at radius 3 is 2.77 bits per heavy atom. The number of aromatic nitrogens is 2. The number of nitro benzene ring substituents is 1. The fraction of sp³-hybridized carbons (Fsp3) is 0.120. The SMILES string of the molecule is Cc1ccc(OCc2cccc(C(=O)Nc3ccn(Cc4ccc(F)cc4Cl)n3)c2)c([N+](=O)[O-])c1. The number of hydrogen-bond acceptors (Lipinski definition) is 5. The maximum Gasteiger partial charge on any atom is 0.311 e. The third-order valence-electron chi connectivity index (χ3n) is 5.12. The van der Waals surface area contributed by atoms with Crippen LogP contribution in [0.2, 0.25) is 5.02 Å². The fourth-order valence-corrected chi connectivity index (χ4v) is 3.61. The van der Waals surface area contributed by atoms with E-state index in [0.29, 0.717) is 34.1 Å². The Labute approximate surface area is 205 Å². The highest BCUT2D eigenvalue weighted by atomic mass is 35.5. The normalized spacial score (nSPS) is 10.7. The minimum absolute atomic E-state index is 0.0536. The Hall–Kier alpha value is -4.24. The smallest absolute Gasteiger partial charge is 0.311 e. The van der Waals surface area contributed by atoms with E-state index in [4.69, 9.17) is 16.3 Å². The zero-order valence-electron chi connectivity index (χ0n) is 18.6. The van der Waals surface area contributed by atoms with Crippen LogP contribution in [0.4, 0.5) is 15.9 Å². The number of hydrogen-bond donors (Lipinski definition) is 1. The van der Waals surface area contributed by atoms with Crippen molar-refractivity contribution in [2.75, 3.05) is 5.32 Å². The summed E-state index contributed by atoms with van der Waals surface area (Å²) in [6, 6.07) is 17.3. The molecule has 0 bridgehead atoms. The number of carbonyl (C=O) groups is 1. The number of ether oxygens (including phenoxy) is 1. The molecule has 0 saturated carbocycles. The van der Waals surface area contributed by atoms with Crippen LogP contribution in [-0.4, -0.2) is 20.6 Å². The van der Waals surface area contributed by atoms with Crippen LogP contribution in [0.15, 0.2) is 72.9 Å². The highest BCUT2D eigenvalue weighted by molar-refractivity contribution is 6.31. The van der Waals surface area contributed by atoms with Gasteiger partial charge in [0.15, 0.2) is 11.6 Å². The number of amides is 1. The molecule has 35 heavy (non-hydrogen) atoms. The Bertz CT molecular complexity index is 1410. The molecule has 0 atom stereocenters. The van der Waals surface area contributed by atoms with Crippen LogP contribution in [0, 0.1) is 22.9 Å².